The van der Waals surface area contributed by atoms with E-state index in [0.717, 1.165) is 51.4 Å². The predicted octanol–water partition coefficient (Wildman–Crippen LogP) is 7.52. The van der Waals surface area contributed by atoms with Crippen molar-refractivity contribution in [2.45, 2.75) is 107 Å². The van der Waals surface area contributed by atoms with E-state index in [2.05, 4.69) is 55.4 Å². The summed E-state index contributed by atoms with van der Waals surface area (Å²) in [5.41, 5.74) is -2.18. The predicted molar refractivity (Wildman–Crippen MR) is 284 cm³/mol. The van der Waals surface area contributed by atoms with Crippen molar-refractivity contribution in [2.24, 2.45) is 16.2 Å². The standard InChI is InChI=1S/C55H112O18/c1-9-17-56-25-33-64-41-53(42-65-34-26-57-18-10-2,43-66-35-27-58-19-11-3)49-72-51-55(47-70-39-31-62-23-15-7,48-71-40-32-63-24-16-8)52-73-50-54(44-67-36-28-59-20-12-4,45-68-37-29-60-21-13-5)46-69-38-30-61-22-14-6/h9-52H2,1-8H3. The van der Waals surface area contributed by atoms with Crippen LogP contribution < -0.4 is 0 Å². The molecule has 0 saturated carbocycles. The molecule has 440 valence electrons. The van der Waals surface area contributed by atoms with Crippen LogP contribution in [-0.4, -0.2) is 238 Å². The zero-order valence-electron chi connectivity index (χ0n) is 48.0. The quantitative estimate of drug-likeness (QED) is 0.0549. The lowest BCUT2D eigenvalue weighted by Crippen LogP contribution is -2.48. The van der Waals surface area contributed by atoms with Gasteiger partial charge in [0.2, 0.25) is 0 Å². The molecule has 0 aromatic carbocycles. The Balaban J connectivity index is 7.01. The van der Waals surface area contributed by atoms with E-state index >= 15 is 0 Å². The molecule has 0 saturated heterocycles. The van der Waals surface area contributed by atoms with Crippen LogP contribution in [-0.2, 0) is 85.3 Å². The average Bonchev–Trinajstić information content (AvgIpc) is 3.39. The third-order valence-corrected chi connectivity index (χ3v) is 10.7. The molecule has 0 N–H and O–H groups in total. The molecule has 0 aliphatic carbocycles. The van der Waals surface area contributed by atoms with Crippen molar-refractivity contribution in [1.29, 1.82) is 0 Å². The minimum absolute atomic E-state index is 0.216. The second kappa shape index (κ2) is 56.0. The zero-order valence-corrected chi connectivity index (χ0v) is 48.0. The van der Waals surface area contributed by atoms with Gasteiger partial charge in [-0.3, -0.25) is 0 Å². The van der Waals surface area contributed by atoms with Gasteiger partial charge in [-0.2, -0.15) is 0 Å². The maximum Gasteiger partial charge on any atom is 0.0700 e. The summed E-state index contributed by atoms with van der Waals surface area (Å²) in [5, 5.41) is 0. The van der Waals surface area contributed by atoms with E-state index in [1.807, 2.05) is 0 Å². The SMILES string of the molecule is CCCOCCOCC(COCCOCCC)(COCCOCCC)COCC(COCCOCCC)(COCCOCCC)COCC(COCCOCCC)(COCCOCCC)COCCOCCC. The van der Waals surface area contributed by atoms with Crippen molar-refractivity contribution >= 4 is 0 Å². The van der Waals surface area contributed by atoms with Gasteiger partial charge in [-0.15, -0.1) is 0 Å². The minimum atomic E-state index is -0.788. The van der Waals surface area contributed by atoms with Gasteiger partial charge in [0, 0.05) is 52.9 Å². The first-order chi connectivity index (χ1) is 35.9. The Bertz CT molecular complexity index is 903. The fraction of sp³-hybridized carbons (Fsp3) is 1.00. The highest BCUT2D eigenvalue weighted by molar-refractivity contribution is 4.85. The van der Waals surface area contributed by atoms with Crippen LogP contribution in [0.4, 0.5) is 0 Å². The highest BCUT2D eigenvalue weighted by Gasteiger charge is 2.39. The van der Waals surface area contributed by atoms with Crippen molar-refractivity contribution in [3.63, 3.8) is 0 Å². The van der Waals surface area contributed by atoms with Crippen molar-refractivity contribution in [1.82, 2.24) is 0 Å². The van der Waals surface area contributed by atoms with Crippen molar-refractivity contribution in [2.75, 3.05) is 238 Å². The van der Waals surface area contributed by atoms with E-state index in [1.54, 1.807) is 0 Å². The Hall–Kier alpha value is -0.720. The maximum absolute atomic E-state index is 6.91. The Kier molecular flexibility index (Phi) is 55.5. The van der Waals surface area contributed by atoms with Crippen LogP contribution in [0.25, 0.3) is 0 Å². The molecular formula is C55H112O18. The highest BCUT2D eigenvalue weighted by Crippen LogP contribution is 2.28. The summed E-state index contributed by atoms with van der Waals surface area (Å²) in [5.74, 6) is 0. The van der Waals surface area contributed by atoms with Gasteiger partial charge >= 0.3 is 0 Å². The molecule has 0 aromatic rings. The molecule has 73 heavy (non-hydrogen) atoms. The number of ether oxygens (including phenoxy) is 18. The summed E-state index contributed by atoms with van der Waals surface area (Å²) < 4.78 is 111. The molecule has 0 fully saturated rings. The molecule has 18 heteroatoms. The van der Waals surface area contributed by atoms with Gasteiger partial charge < -0.3 is 85.3 Å². The first-order valence-corrected chi connectivity index (χ1v) is 28.3. The summed E-state index contributed by atoms with van der Waals surface area (Å²) in [6, 6.07) is 0. The largest absolute Gasteiger partial charge is 0.380 e. The van der Waals surface area contributed by atoms with Gasteiger partial charge in [-0.25, -0.2) is 0 Å². The van der Waals surface area contributed by atoms with E-state index in [4.69, 9.17) is 85.3 Å². The molecule has 0 spiro atoms. The molecular weight excluding hydrogens is 949 g/mol. The van der Waals surface area contributed by atoms with Crippen LogP contribution in [0.15, 0.2) is 0 Å². The van der Waals surface area contributed by atoms with Gasteiger partial charge in [0.15, 0.2) is 0 Å². The summed E-state index contributed by atoms with van der Waals surface area (Å²) in [6.45, 7) is 32.5. The topological polar surface area (TPSA) is 166 Å². The van der Waals surface area contributed by atoms with E-state index in [9.17, 15) is 0 Å². The smallest absolute Gasteiger partial charge is 0.0700 e. The van der Waals surface area contributed by atoms with Crippen LogP contribution in [0.2, 0.25) is 0 Å². The third kappa shape index (κ3) is 44.9. The fourth-order valence-electron chi connectivity index (χ4n) is 6.94. The van der Waals surface area contributed by atoms with Crippen LogP contribution in [0.1, 0.15) is 107 Å². The fourth-order valence-corrected chi connectivity index (χ4v) is 6.94. The normalized spacial score (nSPS) is 12.5. The molecule has 0 aromatic heterocycles. The molecule has 0 atom stereocenters. The molecule has 0 bridgehead atoms. The summed E-state index contributed by atoms with van der Waals surface area (Å²) in [7, 11) is 0. The average molecular weight is 1060 g/mol. The number of hydrogen-bond donors (Lipinski definition) is 0. The second-order valence-corrected chi connectivity index (χ2v) is 18.8. The van der Waals surface area contributed by atoms with Gasteiger partial charge in [0.1, 0.15) is 0 Å². The van der Waals surface area contributed by atoms with Gasteiger partial charge in [-0.1, -0.05) is 55.4 Å². The van der Waals surface area contributed by atoms with Crippen molar-refractivity contribution in [3.05, 3.63) is 0 Å². The molecule has 0 amide bonds. The molecule has 0 unspecified atom stereocenters. The number of rotatable bonds is 64. The Labute approximate surface area is 444 Å². The molecule has 0 heterocycles. The van der Waals surface area contributed by atoms with E-state index in [-0.39, 0.29) is 39.6 Å². The summed E-state index contributed by atoms with van der Waals surface area (Å²) in [6.07, 6.45) is 7.45. The van der Waals surface area contributed by atoms with Gasteiger partial charge in [-0.05, 0) is 51.4 Å². The number of hydrogen-bond acceptors (Lipinski definition) is 18. The lowest BCUT2D eigenvalue weighted by Gasteiger charge is -2.38. The Morgan fingerprint density at radius 1 is 0.137 bits per heavy atom. The highest BCUT2D eigenvalue weighted by atomic mass is 16.6. The molecule has 0 radical (unpaired) electrons. The monoisotopic (exact) mass is 1060 g/mol. The van der Waals surface area contributed by atoms with E-state index in [0.29, 0.717) is 198 Å². The maximum atomic E-state index is 6.91. The van der Waals surface area contributed by atoms with Crippen LogP contribution in [0, 0.1) is 16.2 Å². The molecule has 18 nitrogen and oxygen atoms in total. The van der Waals surface area contributed by atoms with Crippen molar-refractivity contribution < 1.29 is 85.3 Å². The minimum Gasteiger partial charge on any atom is -0.380 e. The summed E-state index contributed by atoms with van der Waals surface area (Å²) >= 11 is 0. The van der Waals surface area contributed by atoms with Crippen LogP contribution in [0.3, 0.4) is 0 Å². The molecule has 0 aliphatic heterocycles. The van der Waals surface area contributed by atoms with Gasteiger partial charge in [0.05, 0.1) is 201 Å². The summed E-state index contributed by atoms with van der Waals surface area (Å²) in [4.78, 5) is 0. The van der Waals surface area contributed by atoms with Crippen LogP contribution >= 0.6 is 0 Å². The van der Waals surface area contributed by atoms with E-state index in [1.165, 1.54) is 0 Å². The van der Waals surface area contributed by atoms with Gasteiger partial charge in [0.25, 0.3) is 0 Å². The lowest BCUT2D eigenvalue weighted by molar-refractivity contribution is -0.162. The zero-order chi connectivity index (χ0) is 53.3. The Morgan fingerprint density at radius 2 is 0.247 bits per heavy atom. The van der Waals surface area contributed by atoms with Crippen LogP contribution in [0.5, 0.6) is 0 Å². The first-order valence-electron chi connectivity index (χ1n) is 28.3. The molecule has 0 aliphatic rings. The van der Waals surface area contributed by atoms with E-state index < -0.39 is 16.2 Å². The third-order valence-electron chi connectivity index (χ3n) is 10.7. The second-order valence-electron chi connectivity index (χ2n) is 18.8. The Morgan fingerprint density at radius 3 is 0.370 bits per heavy atom. The van der Waals surface area contributed by atoms with Crippen molar-refractivity contribution in [3.8, 4) is 0 Å². The first kappa shape index (κ1) is 72.3. The lowest BCUT2D eigenvalue weighted by atomic mass is 9.89. The molecule has 0 rings (SSSR count).